The Morgan fingerprint density at radius 1 is 1.09 bits per heavy atom. The fourth-order valence-corrected chi connectivity index (χ4v) is 5.59. The number of fused-ring (bicyclic) bond motifs is 1. The molecular weight excluding hydrogens is 577 g/mol. The Hall–Kier alpha value is -4.08. The number of carbonyl (C=O) groups excluding carboxylic acids is 2. The van der Waals surface area contributed by atoms with Crippen molar-refractivity contribution in [1.82, 2.24) is 14.4 Å². The predicted octanol–water partition coefficient (Wildman–Crippen LogP) is 6.21. The molecule has 1 aromatic heterocycles. The van der Waals surface area contributed by atoms with E-state index in [4.69, 9.17) is 14.2 Å². The minimum atomic E-state index is -4.29. The molecule has 0 amide bonds. The lowest BCUT2D eigenvalue weighted by Crippen LogP contribution is -2.48. The van der Waals surface area contributed by atoms with Crippen LogP contribution in [0.25, 0.3) is 10.9 Å². The molecule has 0 radical (unpaired) electrons. The lowest BCUT2D eigenvalue weighted by molar-refractivity contribution is -0.139. The minimum absolute atomic E-state index is 0.112. The first-order valence-electron chi connectivity index (χ1n) is 14.2. The van der Waals surface area contributed by atoms with Crippen LogP contribution >= 0.6 is 0 Å². The number of esters is 1. The fourth-order valence-electron chi connectivity index (χ4n) is 5.59. The topological polar surface area (TPSA) is 97.0 Å². The van der Waals surface area contributed by atoms with E-state index in [0.29, 0.717) is 36.5 Å². The number of rotatable bonds is 7. The summed E-state index contributed by atoms with van der Waals surface area (Å²) in [6.07, 6.45) is -4.08. The van der Waals surface area contributed by atoms with E-state index < -0.39 is 36.3 Å². The van der Waals surface area contributed by atoms with E-state index in [1.165, 1.54) is 17.7 Å². The Kier molecular flexibility index (Phi) is 9.61. The van der Waals surface area contributed by atoms with Gasteiger partial charge in [0.2, 0.25) is 0 Å². The smallest absolute Gasteiger partial charge is 0.419 e. The number of nitriles is 1. The monoisotopic (exact) mass is 614 g/mol. The quantitative estimate of drug-likeness (QED) is 0.290. The Bertz CT molecular complexity index is 1590. The molecule has 1 aliphatic rings. The molecular formula is C32H37F3N4O5. The highest BCUT2D eigenvalue weighted by molar-refractivity contribution is 5.95. The van der Waals surface area contributed by atoms with E-state index in [1.54, 1.807) is 51.1 Å². The van der Waals surface area contributed by atoms with Crippen LogP contribution in [0.1, 0.15) is 65.8 Å². The summed E-state index contributed by atoms with van der Waals surface area (Å²) in [6, 6.07) is 10.1. The fraction of sp³-hybridized carbons (Fsp3) is 0.469. The van der Waals surface area contributed by atoms with Crippen molar-refractivity contribution >= 4 is 23.0 Å². The van der Waals surface area contributed by atoms with Gasteiger partial charge in [0, 0.05) is 55.9 Å². The maximum Gasteiger partial charge on any atom is 0.419 e. The summed E-state index contributed by atoms with van der Waals surface area (Å²) in [4.78, 5) is 29.2. The zero-order chi connectivity index (χ0) is 32.4. The molecule has 4 rings (SSSR count). The maximum atomic E-state index is 13.1. The molecule has 3 aromatic rings. The van der Waals surface area contributed by atoms with Gasteiger partial charge in [-0.1, -0.05) is 6.07 Å². The van der Waals surface area contributed by atoms with E-state index in [1.807, 2.05) is 25.1 Å². The molecule has 1 atom stereocenters. The minimum Gasteiger partial charge on any atom is -0.496 e. The first-order valence-corrected chi connectivity index (χ1v) is 14.2. The third-order valence-corrected chi connectivity index (χ3v) is 7.64. The van der Waals surface area contributed by atoms with Crippen LogP contribution in [0.4, 0.5) is 18.0 Å². The Morgan fingerprint density at radius 3 is 2.43 bits per heavy atom. The number of piperazine rings is 1. The van der Waals surface area contributed by atoms with E-state index in [2.05, 4.69) is 4.90 Å². The molecule has 1 aliphatic heterocycles. The van der Waals surface area contributed by atoms with Gasteiger partial charge in [0.15, 0.2) is 0 Å². The van der Waals surface area contributed by atoms with Crippen molar-refractivity contribution in [3.63, 3.8) is 0 Å². The number of nitrogens with zero attached hydrogens (tertiary/aromatic N) is 4. The summed E-state index contributed by atoms with van der Waals surface area (Å²) in [5.41, 5.74) is 2.50. The summed E-state index contributed by atoms with van der Waals surface area (Å²) in [5, 5.41) is 10.6. The molecule has 2 aromatic carbocycles. The predicted molar refractivity (Wildman–Crippen MR) is 158 cm³/mol. The van der Waals surface area contributed by atoms with Crippen molar-refractivity contribution in [2.45, 2.75) is 58.5 Å². The van der Waals surface area contributed by atoms with Crippen molar-refractivity contribution < 1.29 is 37.0 Å². The molecule has 0 aliphatic carbocycles. The molecule has 0 saturated carbocycles. The van der Waals surface area contributed by atoms with Crippen molar-refractivity contribution in [3.05, 3.63) is 64.3 Å². The average molecular weight is 615 g/mol. The second kappa shape index (κ2) is 12.9. The van der Waals surface area contributed by atoms with Crippen molar-refractivity contribution in [2.75, 3.05) is 40.4 Å². The highest BCUT2D eigenvalue weighted by Gasteiger charge is 2.34. The first kappa shape index (κ1) is 32.8. The van der Waals surface area contributed by atoms with Crippen LogP contribution < -0.4 is 4.74 Å². The van der Waals surface area contributed by atoms with E-state index >= 15 is 0 Å². The summed E-state index contributed by atoms with van der Waals surface area (Å²) < 4.78 is 57.0. The Morgan fingerprint density at radius 2 is 1.82 bits per heavy atom. The summed E-state index contributed by atoms with van der Waals surface area (Å²) in [6.45, 7) is 8.54. The van der Waals surface area contributed by atoms with Gasteiger partial charge in [-0.05, 0) is 63.1 Å². The van der Waals surface area contributed by atoms with Gasteiger partial charge in [0.05, 0.1) is 37.3 Å². The zero-order valence-electron chi connectivity index (χ0n) is 25.7. The average Bonchev–Trinajstić information content (AvgIpc) is 3.42. The van der Waals surface area contributed by atoms with Crippen LogP contribution in [-0.4, -0.2) is 78.6 Å². The van der Waals surface area contributed by atoms with Gasteiger partial charge < -0.3 is 14.2 Å². The second-order valence-electron chi connectivity index (χ2n) is 11.9. The normalized spacial score (nSPS) is 16.5. The molecule has 9 nitrogen and oxygen atoms in total. The van der Waals surface area contributed by atoms with Crippen molar-refractivity contribution in [3.8, 4) is 11.8 Å². The molecule has 0 spiro atoms. The molecule has 0 bridgehead atoms. The van der Waals surface area contributed by atoms with Gasteiger partial charge in [-0.25, -0.2) is 9.59 Å². The number of alkyl halides is 3. The third-order valence-electron chi connectivity index (χ3n) is 7.64. The molecule has 0 N–H and O–H groups in total. The number of ether oxygens (including phenoxy) is 3. The number of carbonyl (C=O) groups is 2. The standard InChI is InChI=1S/C32H37F3N4O5/c1-20-15-27(42-5)25(24-9-11-39(28(20)24)30(41)44-31(2,3)4)18-38-14-13-37(12-10-32(33,34)35)19-26(38)21-7-8-23(29(40)43-6)22(16-21)17-36/h7-9,11,15-16,26H,10,12-14,18-19H2,1-6H3/t26-/m0/s1. The molecule has 44 heavy (non-hydrogen) atoms. The largest absolute Gasteiger partial charge is 0.496 e. The lowest BCUT2D eigenvalue weighted by atomic mass is 9.96. The van der Waals surface area contributed by atoms with Gasteiger partial charge in [0.1, 0.15) is 17.4 Å². The van der Waals surface area contributed by atoms with Gasteiger partial charge in [-0.15, -0.1) is 0 Å². The number of methoxy groups -OCH3 is 2. The molecule has 2 heterocycles. The van der Waals surface area contributed by atoms with Crippen molar-refractivity contribution in [1.29, 1.82) is 5.26 Å². The second-order valence-corrected chi connectivity index (χ2v) is 11.9. The highest BCUT2D eigenvalue weighted by atomic mass is 19.4. The van der Waals surface area contributed by atoms with E-state index in [9.17, 15) is 28.0 Å². The molecule has 1 saturated heterocycles. The summed E-state index contributed by atoms with van der Waals surface area (Å²) in [7, 11) is 2.79. The maximum absolute atomic E-state index is 13.1. The Labute approximate surface area is 254 Å². The highest BCUT2D eigenvalue weighted by Crippen LogP contribution is 2.37. The number of hydrogen-bond acceptors (Lipinski definition) is 8. The summed E-state index contributed by atoms with van der Waals surface area (Å²) >= 11 is 0. The van der Waals surface area contributed by atoms with Gasteiger partial charge in [-0.3, -0.25) is 14.4 Å². The number of halogens is 3. The van der Waals surface area contributed by atoms with Crippen LogP contribution in [0, 0.1) is 18.3 Å². The van der Waals surface area contributed by atoms with Gasteiger partial charge >= 0.3 is 18.2 Å². The first-order chi connectivity index (χ1) is 20.7. The van der Waals surface area contributed by atoms with Crippen LogP contribution in [0.15, 0.2) is 36.5 Å². The number of benzene rings is 2. The number of aryl methyl sites for hydroxylation is 1. The lowest BCUT2D eigenvalue weighted by Gasteiger charge is -2.42. The molecule has 1 fully saturated rings. The summed E-state index contributed by atoms with van der Waals surface area (Å²) in [5.74, 6) is -0.0457. The van der Waals surface area contributed by atoms with E-state index in [-0.39, 0.29) is 24.2 Å². The van der Waals surface area contributed by atoms with E-state index in [0.717, 1.165) is 16.5 Å². The van der Waals surface area contributed by atoms with Crippen LogP contribution in [0.3, 0.4) is 0 Å². The van der Waals surface area contributed by atoms with Crippen molar-refractivity contribution in [2.24, 2.45) is 0 Å². The molecule has 0 unspecified atom stereocenters. The Balaban J connectivity index is 1.76. The number of aromatic nitrogens is 1. The van der Waals surface area contributed by atoms with Gasteiger partial charge in [0.25, 0.3) is 0 Å². The SMILES string of the molecule is COC(=O)c1ccc([C@@H]2CN(CCC(F)(F)F)CCN2Cc2c(OC)cc(C)c3c2ccn3C(=O)OC(C)(C)C)cc1C#N. The van der Waals surface area contributed by atoms with Crippen LogP contribution in [-0.2, 0) is 16.0 Å². The molecule has 236 valence electrons. The molecule has 12 heteroatoms. The van der Waals surface area contributed by atoms with Crippen LogP contribution in [0.5, 0.6) is 5.75 Å². The van der Waals surface area contributed by atoms with Gasteiger partial charge in [-0.2, -0.15) is 18.4 Å². The number of hydrogen-bond donors (Lipinski definition) is 0. The third kappa shape index (κ3) is 7.34. The van der Waals surface area contributed by atoms with Crippen LogP contribution in [0.2, 0.25) is 0 Å². The zero-order valence-corrected chi connectivity index (χ0v) is 25.7.